The zero-order chi connectivity index (χ0) is 73.9. The minimum absolute atomic E-state index is 0. The quantitative estimate of drug-likeness (QED) is 0.0349. The third-order valence-corrected chi connectivity index (χ3v) is 29.9. The number of benzene rings is 4. The Morgan fingerprint density at radius 3 is 1.51 bits per heavy atom. The molecule has 6 unspecified atom stereocenters. The number of likely N-dealkylation sites (tertiary alicyclic amines) is 4. The van der Waals surface area contributed by atoms with Crippen LogP contribution < -0.4 is 70.9 Å². The summed E-state index contributed by atoms with van der Waals surface area (Å²) in [5.41, 5.74) is 34.2. The fraction of sp³-hybridized carbons (Fsp3) is 0.628. The number of piperidine rings is 4. The molecule has 0 radical (unpaired) electrons. The van der Waals surface area contributed by atoms with Crippen LogP contribution in [0.2, 0.25) is 0 Å². The molecular weight excluding hydrogens is 1760 g/mol. The highest BCUT2D eigenvalue weighted by Crippen LogP contribution is 2.64. The number of likely N-dealkylation sites (N-methyl/N-ethyl adjacent to an activating group) is 2. The zero-order valence-electron chi connectivity index (χ0n) is 63.8. The molecule has 105 heavy (non-hydrogen) atoms. The number of allylic oxidation sites excluding steroid dienone is 2. The van der Waals surface area contributed by atoms with Crippen molar-refractivity contribution in [1.82, 2.24) is 9.80 Å². The van der Waals surface area contributed by atoms with E-state index in [-0.39, 0.29) is 99.4 Å². The molecule has 14 aliphatic rings. The minimum Gasteiger partial charge on any atom is -1.00 e. The lowest BCUT2D eigenvalue weighted by Crippen LogP contribution is -3.00. The molecule has 0 aromatic heterocycles. The van der Waals surface area contributed by atoms with Crippen LogP contribution in [0.4, 0.5) is 0 Å². The predicted molar refractivity (Wildman–Crippen MR) is 428 cm³/mol. The van der Waals surface area contributed by atoms with E-state index >= 15 is 0 Å². The van der Waals surface area contributed by atoms with E-state index in [0.29, 0.717) is 53.5 Å². The Labute approximate surface area is 687 Å². The van der Waals surface area contributed by atoms with Gasteiger partial charge in [0.15, 0.2) is 0 Å². The Hall–Kier alpha value is -3.28. The second-order valence-electron chi connectivity index (χ2n) is 35.9. The molecule has 10 aliphatic carbocycles. The van der Waals surface area contributed by atoms with Gasteiger partial charge in [-0.2, -0.15) is 0 Å². The van der Waals surface area contributed by atoms with Gasteiger partial charge in [-0.05, 0) is 243 Å². The van der Waals surface area contributed by atoms with Gasteiger partial charge in [0.1, 0.15) is 17.4 Å². The second-order valence-corrected chi connectivity index (χ2v) is 35.9. The lowest BCUT2D eigenvalue weighted by atomic mass is 9.48. The number of primary amides is 4. The molecule has 0 spiro atoms. The summed E-state index contributed by atoms with van der Waals surface area (Å²) in [7, 11) is 4.80. The van der Waals surface area contributed by atoms with Crippen molar-refractivity contribution in [1.29, 1.82) is 0 Å². The Morgan fingerprint density at radius 2 is 0.981 bits per heavy atom. The van der Waals surface area contributed by atoms with Crippen molar-refractivity contribution in [3.8, 4) is 5.75 Å². The van der Waals surface area contributed by atoms with Gasteiger partial charge >= 0.3 is 0 Å². The summed E-state index contributed by atoms with van der Waals surface area (Å²) >= 11 is 4.30. The highest BCUT2D eigenvalue weighted by Gasteiger charge is 2.70. The van der Waals surface area contributed by atoms with Crippen molar-refractivity contribution >= 4 is 68.8 Å². The third kappa shape index (κ3) is 14.9. The van der Waals surface area contributed by atoms with Crippen LogP contribution in [0, 0.1) is 35.5 Å². The number of alkyl halides is 2. The van der Waals surface area contributed by atoms with Gasteiger partial charge in [-0.25, -0.2) is 0 Å². The summed E-state index contributed by atoms with van der Waals surface area (Å²) in [5.74, 6) is 3.16. The minimum atomic E-state index is -0.892. The largest absolute Gasteiger partial charge is 1.00 e. The van der Waals surface area contributed by atoms with Crippen molar-refractivity contribution in [2.75, 3.05) is 76.3 Å². The molecule has 574 valence electrons. The van der Waals surface area contributed by atoms with Crippen molar-refractivity contribution in [2.24, 2.45) is 58.4 Å². The fourth-order valence-corrected chi connectivity index (χ4v) is 23.0. The molecule has 4 aromatic rings. The SMILES string of the molecule is C=C1CC[C@@]2(O)[C@H]3Cc4ccc(C(N)=O)c(O)c4[C@@]2(CC[N+]3(C)CC2CC2)C1.C=C1CC[C@@]2(O)[C@H]3Cc4ccc(C(N)=O)cc4[C@@]2(CCN3CC2CC2)C1.CC1C2Cc3ccc(C(N)=O)cc3[C@@]1(C)CCN2CC1CC1.CC1C2Cc3ccc(C(N)=O)cc3[C@@]1(C)CC[N+]2(C)CC1CC1.CI.CI.[I-].[I-]. The summed E-state index contributed by atoms with van der Waals surface area (Å²) in [6, 6.07) is 23.4. The number of quaternary nitrogens is 2. The predicted octanol–water partition coefficient (Wildman–Crippen LogP) is 6.61. The van der Waals surface area contributed by atoms with Gasteiger partial charge in [0, 0.05) is 107 Å². The zero-order valence-corrected chi connectivity index (χ0v) is 72.5. The van der Waals surface area contributed by atoms with Crippen LogP contribution in [0.5, 0.6) is 5.75 Å². The third-order valence-electron chi connectivity index (χ3n) is 29.9. The summed E-state index contributed by atoms with van der Waals surface area (Å²) in [5, 5.41) is 35.4. The van der Waals surface area contributed by atoms with Gasteiger partial charge < -0.3 is 95.2 Å². The number of halogens is 4. The number of hydrogen-bond donors (Lipinski definition) is 7. The molecule has 19 heteroatoms. The molecule has 14 atom stereocenters. The second kappa shape index (κ2) is 31.4. The van der Waals surface area contributed by atoms with Crippen LogP contribution >= 0.6 is 45.2 Å². The first kappa shape index (κ1) is 82.7. The molecule has 10 fully saturated rings. The first-order valence-corrected chi connectivity index (χ1v) is 43.4. The number of aliphatic hydroxyl groups is 2. The smallest absolute Gasteiger partial charge is 0.252 e. The topological polar surface area (TPSA) is 240 Å². The van der Waals surface area contributed by atoms with E-state index in [9.17, 15) is 34.5 Å². The molecule has 8 bridgehead atoms. The molecule has 18 rings (SSSR count). The van der Waals surface area contributed by atoms with Crippen molar-refractivity contribution in [3.63, 3.8) is 0 Å². The Morgan fingerprint density at radius 1 is 0.524 bits per heavy atom. The average Bonchev–Trinajstić information content (AvgIpc) is 1.05. The number of aromatic hydroxyl groups is 1. The molecule has 11 N–H and O–H groups in total. The first-order chi connectivity index (χ1) is 48.9. The summed E-state index contributed by atoms with van der Waals surface area (Å²) in [6.07, 6.45) is 23.7. The van der Waals surface area contributed by atoms with Crippen molar-refractivity contribution < 1.29 is 91.4 Å². The van der Waals surface area contributed by atoms with E-state index in [2.05, 4.69) is 140 Å². The number of carbonyl (C=O) groups excluding carboxylic acids is 4. The van der Waals surface area contributed by atoms with E-state index in [1.807, 2.05) is 40.2 Å². The summed E-state index contributed by atoms with van der Waals surface area (Å²) in [4.78, 5) is 56.1. The van der Waals surface area contributed by atoms with Crippen molar-refractivity contribution in [3.05, 3.63) is 158 Å². The number of phenols is 1. The summed E-state index contributed by atoms with van der Waals surface area (Å²) in [6.45, 7) is 27.5. The van der Waals surface area contributed by atoms with E-state index in [1.54, 1.807) is 6.07 Å². The maximum atomic E-state index is 12.3. The average molecular weight is 1890 g/mol. The monoisotopic (exact) mass is 1880 g/mol. The van der Waals surface area contributed by atoms with Crippen LogP contribution in [0.3, 0.4) is 0 Å². The number of carbonyl (C=O) groups is 4. The molecule has 4 saturated heterocycles. The van der Waals surface area contributed by atoms with E-state index in [0.717, 1.165) is 141 Å². The highest BCUT2D eigenvalue weighted by molar-refractivity contribution is 14.1. The maximum Gasteiger partial charge on any atom is 0.252 e. The molecular formula is C86H120I4N8O7. The number of nitrogens with two attached hydrogens (primary N) is 4. The molecule has 4 aliphatic heterocycles. The normalized spacial score (nSPS) is 35.3. The Bertz CT molecular complexity index is 4010. The number of rotatable bonds is 12. The van der Waals surface area contributed by atoms with Gasteiger partial charge in [0.25, 0.3) is 5.91 Å². The van der Waals surface area contributed by atoms with Crippen LogP contribution in [-0.4, -0.2) is 169 Å². The standard InChI is InChI=1S/C23H30N2O3.C22H28N2O2.C20H28N2O.C19H26N2O.2CH3I.2HI/c1-14-7-8-23(28)18-11-16-5-6-17(21(24)27)20(26)19(16)22(23,12-14)9-10-25(18,2)13-15-3-4-15;1-14-6-7-22(26)19-11-16-4-5-17(20(23)25)10-18(16)21(22,12-14)8-9-24(19)13-15-2-3-15;1-13-18-11-15-6-7-16(19(21)23)10-17(15)20(13,2)8-9-22(18,3)12-14-4-5-14;1-12-17-10-14-5-6-15(18(20)22)9-16(14)19(12,2)7-8-21(17)11-13-3-4-13;2*1-2;;/h5-6,15,18,28H,1,3-4,7-13H2,2H3,(H2-,24,26,27);4-5,10,15,19,26H,1-3,6-9,11-13H2,(H2,23,25);6-7,10,13-14,18H,4-5,8-9,11-12H2,1-3H3,(H-,21,23);5-6,9,12-13,17H,3-4,7-8,10-11H2,1-2H3,(H2,20,22);2*1H3;2*1H/t18-,22-,23-,25?;19-,21-,22-;13?,18?,20-,22?;12?,17?,19-;;;;/m1100..../s1. The van der Waals surface area contributed by atoms with Gasteiger partial charge in [0.05, 0.1) is 57.5 Å². The lowest BCUT2D eigenvalue weighted by Gasteiger charge is -2.65. The van der Waals surface area contributed by atoms with Crippen molar-refractivity contribution in [2.45, 2.75) is 226 Å². The van der Waals surface area contributed by atoms with Gasteiger partial charge in [-0.3, -0.25) is 29.0 Å². The number of hydrogen-bond acceptors (Lipinski definition) is 9. The van der Waals surface area contributed by atoms with E-state index in [1.165, 1.54) is 128 Å². The highest BCUT2D eigenvalue weighted by atomic mass is 127. The van der Waals surface area contributed by atoms with Crippen LogP contribution in [0.25, 0.3) is 0 Å². The van der Waals surface area contributed by atoms with Gasteiger partial charge in [-0.15, -0.1) is 0 Å². The van der Waals surface area contributed by atoms with Gasteiger partial charge in [-0.1, -0.05) is 121 Å². The lowest BCUT2D eigenvalue weighted by molar-refractivity contribution is -0.950. The van der Waals surface area contributed by atoms with Crippen LogP contribution in [0.15, 0.2) is 91.0 Å². The number of nitrogens with zero attached hydrogens (tertiary/aromatic N) is 4. The Balaban J connectivity index is 0.000000137. The number of fused-ring (bicyclic) bond motifs is 10. The number of amides is 4. The molecule has 4 heterocycles. The van der Waals surface area contributed by atoms with Crippen LogP contribution in [-0.2, 0) is 47.3 Å². The molecule has 6 saturated carbocycles. The molecule has 4 amide bonds. The van der Waals surface area contributed by atoms with Crippen LogP contribution in [0.1, 0.15) is 229 Å². The van der Waals surface area contributed by atoms with E-state index in [4.69, 9.17) is 22.9 Å². The molecule has 15 nitrogen and oxygen atoms in total. The maximum absolute atomic E-state index is 12.3. The Kier molecular flexibility index (Phi) is 24.7. The molecule has 4 aromatic carbocycles. The first-order valence-electron chi connectivity index (χ1n) is 39.1. The van der Waals surface area contributed by atoms with Gasteiger partial charge in [0.2, 0.25) is 17.7 Å². The fourth-order valence-electron chi connectivity index (χ4n) is 23.0. The van der Waals surface area contributed by atoms with E-state index < -0.39 is 28.4 Å². The summed E-state index contributed by atoms with van der Waals surface area (Å²) < 4.78 is 2.16.